The van der Waals surface area contributed by atoms with Gasteiger partial charge in [-0.05, 0) is 24.7 Å². The van der Waals surface area contributed by atoms with E-state index < -0.39 is 12.0 Å². The summed E-state index contributed by atoms with van der Waals surface area (Å²) in [5.41, 5.74) is 5.19. The smallest absolute Gasteiger partial charge is 0.320 e. The molecule has 0 radical (unpaired) electrons. The van der Waals surface area contributed by atoms with Gasteiger partial charge in [0.2, 0.25) is 0 Å². The standard InChI is InChI=1S/C5H11NO2S.CH4S.HI/c1-9-3-2-4(6)5(7)8;1-2;/h4H,2-3,6H2,1H3,(H,7,8);2H,1H3;1H/t4-;;/m0../s1. The highest BCUT2D eigenvalue weighted by Gasteiger charge is 2.08. The molecule has 0 amide bonds. The van der Waals surface area contributed by atoms with Gasteiger partial charge >= 0.3 is 5.97 Å². The molecule has 3 nitrogen and oxygen atoms in total. The predicted octanol–water partition coefficient (Wildman–Crippen LogP) is 1.32. The molecule has 0 rings (SSSR count). The maximum absolute atomic E-state index is 10.1. The van der Waals surface area contributed by atoms with Crippen molar-refractivity contribution in [3.8, 4) is 0 Å². The number of rotatable bonds is 4. The Kier molecular flexibility index (Phi) is 22.3. The Morgan fingerprint density at radius 1 is 1.67 bits per heavy atom. The van der Waals surface area contributed by atoms with Crippen LogP contribution in [-0.2, 0) is 4.79 Å². The number of halogens is 1. The van der Waals surface area contributed by atoms with Gasteiger partial charge in [0.05, 0.1) is 0 Å². The lowest BCUT2D eigenvalue weighted by Gasteiger charge is -2.02. The van der Waals surface area contributed by atoms with Gasteiger partial charge in [0.15, 0.2) is 0 Å². The van der Waals surface area contributed by atoms with Gasteiger partial charge in [-0.3, -0.25) is 4.79 Å². The van der Waals surface area contributed by atoms with E-state index in [2.05, 4.69) is 12.6 Å². The van der Waals surface area contributed by atoms with E-state index >= 15 is 0 Å². The molecule has 0 saturated heterocycles. The number of thiol groups is 1. The van der Waals surface area contributed by atoms with E-state index in [-0.39, 0.29) is 24.0 Å². The largest absolute Gasteiger partial charge is 0.480 e. The first-order chi connectivity index (χ1) is 5.18. The molecule has 0 fully saturated rings. The Morgan fingerprint density at radius 3 is 2.33 bits per heavy atom. The fourth-order valence-corrected chi connectivity index (χ4v) is 0.858. The number of thioether (sulfide) groups is 1. The van der Waals surface area contributed by atoms with Crippen molar-refractivity contribution in [2.24, 2.45) is 5.73 Å². The molecule has 1 atom stereocenters. The van der Waals surface area contributed by atoms with Crippen LogP contribution in [0.5, 0.6) is 0 Å². The average Bonchev–Trinajstić information content (AvgIpc) is 2.03. The van der Waals surface area contributed by atoms with E-state index in [1.807, 2.05) is 6.26 Å². The molecular weight excluding hydrogens is 309 g/mol. The second-order valence-electron chi connectivity index (χ2n) is 1.73. The summed E-state index contributed by atoms with van der Waals surface area (Å²) in [6, 6.07) is -0.683. The lowest BCUT2D eigenvalue weighted by Crippen LogP contribution is -2.30. The second-order valence-corrected chi connectivity index (χ2v) is 2.71. The third-order valence-corrected chi connectivity index (χ3v) is 1.59. The number of carboxylic acid groups (broad SMARTS) is 1. The summed E-state index contributed by atoms with van der Waals surface area (Å²) in [6.45, 7) is 0. The highest BCUT2D eigenvalue weighted by Crippen LogP contribution is 1.97. The zero-order chi connectivity index (χ0) is 9.28. The molecule has 0 unspecified atom stereocenters. The first kappa shape index (κ1) is 18.6. The molecule has 12 heavy (non-hydrogen) atoms. The molecule has 76 valence electrons. The van der Waals surface area contributed by atoms with Crippen molar-refractivity contribution in [2.45, 2.75) is 12.5 Å². The van der Waals surface area contributed by atoms with Crippen LogP contribution < -0.4 is 5.73 Å². The first-order valence-corrected chi connectivity index (χ1v) is 5.39. The molecule has 0 aliphatic heterocycles. The predicted molar refractivity (Wildman–Crippen MR) is 68.9 cm³/mol. The van der Waals surface area contributed by atoms with Crippen LogP contribution >= 0.6 is 48.4 Å². The van der Waals surface area contributed by atoms with Crippen molar-refractivity contribution >= 4 is 54.3 Å². The number of hydrogen-bond donors (Lipinski definition) is 3. The van der Waals surface area contributed by atoms with Crippen molar-refractivity contribution in [1.82, 2.24) is 0 Å². The van der Waals surface area contributed by atoms with Crippen LogP contribution in [0.15, 0.2) is 0 Å². The van der Waals surface area contributed by atoms with Crippen LogP contribution in [0.25, 0.3) is 0 Å². The van der Waals surface area contributed by atoms with Gasteiger partial charge in [0.25, 0.3) is 0 Å². The third kappa shape index (κ3) is 13.4. The highest BCUT2D eigenvalue weighted by molar-refractivity contribution is 14.0. The molecule has 0 heterocycles. The van der Waals surface area contributed by atoms with Crippen LogP contribution in [0.4, 0.5) is 0 Å². The molecule has 0 bridgehead atoms. The van der Waals surface area contributed by atoms with Crippen molar-refractivity contribution in [3.63, 3.8) is 0 Å². The molecule has 0 spiro atoms. The van der Waals surface area contributed by atoms with Crippen LogP contribution in [0.1, 0.15) is 6.42 Å². The van der Waals surface area contributed by atoms with E-state index in [4.69, 9.17) is 10.8 Å². The summed E-state index contributed by atoms with van der Waals surface area (Å²) in [4.78, 5) is 10.1. The minimum atomic E-state index is -0.913. The number of hydrogen-bond acceptors (Lipinski definition) is 4. The maximum atomic E-state index is 10.1. The zero-order valence-electron chi connectivity index (χ0n) is 7.19. The number of carboxylic acids is 1. The van der Waals surface area contributed by atoms with Crippen LogP contribution in [0, 0.1) is 0 Å². The summed E-state index contributed by atoms with van der Waals surface area (Å²) in [5.74, 6) is -0.1000. The van der Waals surface area contributed by atoms with Crippen molar-refractivity contribution in [2.75, 3.05) is 18.3 Å². The summed E-state index contributed by atoms with van der Waals surface area (Å²) in [7, 11) is 0. The van der Waals surface area contributed by atoms with Gasteiger partial charge in [-0.15, -0.1) is 24.0 Å². The fraction of sp³-hybridized carbons (Fsp3) is 0.833. The van der Waals surface area contributed by atoms with E-state index in [0.717, 1.165) is 5.75 Å². The minimum absolute atomic E-state index is 0. The monoisotopic (exact) mass is 325 g/mol. The maximum Gasteiger partial charge on any atom is 0.320 e. The van der Waals surface area contributed by atoms with Gasteiger partial charge < -0.3 is 10.8 Å². The van der Waals surface area contributed by atoms with Gasteiger partial charge in [-0.1, -0.05) is 0 Å². The molecule has 0 saturated carbocycles. The summed E-state index contributed by atoms with van der Waals surface area (Å²) < 4.78 is 0. The Labute approximate surface area is 100 Å². The van der Waals surface area contributed by atoms with Gasteiger partial charge in [-0.25, -0.2) is 0 Å². The van der Waals surface area contributed by atoms with E-state index in [0.29, 0.717) is 6.42 Å². The lowest BCUT2D eigenvalue weighted by molar-refractivity contribution is -0.138. The Bertz CT molecular complexity index is 106. The normalized spacial score (nSPS) is 10.3. The first-order valence-electron chi connectivity index (χ1n) is 3.10. The van der Waals surface area contributed by atoms with E-state index in [9.17, 15) is 4.79 Å². The molecule has 6 heteroatoms. The lowest BCUT2D eigenvalue weighted by atomic mass is 10.2. The number of aliphatic carboxylic acids is 1. The van der Waals surface area contributed by atoms with Crippen LogP contribution in [-0.4, -0.2) is 35.4 Å². The third-order valence-electron chi connectivity index (χ3n) is 0.950. The molecule has 0 aromatic rings. The quantitative estimate of drug-likeness (QED) is 0.539. The van der Waals surface area contributed by atoms with E-state index in [1.165, 1.54) is 0 Å². The van der Waals surface area contributed by atoms with Gasteiger partial charge in [0, 0.05) is 0 Å². The molecule has 0 aromatic carbocycles. The van der Waals surface area contributed by atoms with Crippen LogP contribution in [0.2, 0.25) is 0 Å². The highest BCUT2D eigenvalue weighted by atomic mass is 127. The van der Waals surface area contributed by atoms with Crippen molar-refractivity contribution < 1.29 is 9.90 Å². The molecule has 0 aliphatic carbocycles. The van der Waals surface area contributed by atoms with Crippen molar-refractivity contribution in [1.29, 1.82) is 0 Å². The SMILES string of the molecule is CS.CSCC[C@H](N)C(=O)O.I. The Morgan fingerprint density at radius 2 is 2.08 bits per heavy atom. The Balaban J connectivity index is -0.000000249. The zero-order valence-corrected chi connectivity index (χ0v) is 11.2. The summed E-state index contributed by atoms with van der Waals surface area (Å²) in [5, 5.41) is 8.27. The molecular formula is C6H16INO2S2. The van der Waals surface area contributed by atoms with Gasteiger partial charge in [0.1, 0.15) is 6.04 Å². The second kappa shape index (κ2) is 14.4. The molecule has 3 N–H and O–H groups in total. The summed E-state index contributed by atoms with van der Waals surface area (Å²) >= 11 is 5.13. The molecule has 0 aromatic heterocycles. The average molecular weight is 325 g/mol. The topological polar surface area (TPSA) is 63.3 Å². The summed E-state index contributed by atoms with van der Waals surface area (Å²) in [6.07, 6.45) is 4.17. The Hall–Kier alpha value is 0.860. The number of nitrogens with two attached hydrogens (primary N) is 1. The van der Waals surface area contributed by atoms with Crippen LogP contribution in [0.3, 0.4) is 0 Å². The fourth-order valence-electron chi connectivity index (χ4n) is 0.368. The van der Waals surface area contributed by atoms with Crippen molar-refractivity contribution in [3.05, 3.63) is 0 Å². The number of carbonyl (C=O) groups is 1. The minimum Gasteiger partial charge on any atom is -0.480 e. The molecule has 0 aliphatic rings. The van der Waals surface area contributed by atoms with Gasteiger partial charge in [-0.2, -0.15) is 24.4 Å². The van der Waals surface area contributed by atoms with E-state index in [1.54, 1.807) is 18.0 Å².